The van der Waals surface area contributed by atoms with E-state index in [0.717, 1.165) is 4.31 Å². The van der Waals surface area contributed by atoms with Crippen molar-refractivity contribution in [3.8, 4) is 0 Å². The Bertz CT molecular complexity index is 982. The van der Waals surface area contributed by atoms with Crippen molar-refractivity contribution in [3.05, 3.63) is 41.7 Å². The van der Waals surface area contributed by atoms with Crippen LogP contribution in [0.5, 0.6) is 0 Å². The average Bonchev–Trinajstić information content (AvgIpc) is 3.30. The number of nitrogens with zero attached hydrogens (tertiary/aromatic N) is 3. The smallest absolute Gasteiger partial charge is 0.254 e. The summed E-state index contributed by atoms with van der Waals surface area (Å²) in [6, 6.07) is 6.70. The van der Waals surface area contributed by atoms with Gasteiger partial charge in [-0.05, 0) is 44.0 Å². The first kappa shape index (κ1) is 20.0. The monoisotopic (exact) mass is 406 g/mol. The van der Waals surface area contributed by atoms with E-state index >= 15 is 0 Å². The van der Waals surface area contributed by atoms with Crippen molar-refractivity contribution in [2.24, 2.45) is 0 Å². The molecule has 2 aromatic rings. The number of amides is 2. The van der Waals surface area contributed by atoms with E-state index in [1.807, 2.05) is 0 Å². The molecule has 150 valence electrons. The van der Waals surface area contributed by atoms with Crippen LogP contribution in [-0.4, -0.2) is 61.3 Å². The summed E-state index contributed by atoms with van der Waals surface area (Å²) in [6.07, 6.45) is 1.25. The molecule has 0 unspecified atom stereocenters. The Hall–Kier alpha value is -2.72. The highest BCUT2D eigenvalue weighted by molar-refractivity contribution is 7.89. The van der Waals surface area contributed by atoms with Crippen molar-refractivity contribution in [3.63, 3.8) is 0 Å². The van der Waals surface area contributed by atoms with Gasteiger partial charge in [0.15, 0.2) is 5.82 Å². The molecule has 1 fully saturated rings. The summed E-state index contributed by atoms with van der Waals surface area (Å²) in [5.74, 6) is 0.233. The number of nitrogens with one attached hydrogen (secondary N) is 1. The molecule has 0 spiro atoms. The van der Waals surface area contributed by atoms with E-state index in [0.29, 0.717) is 36.5 Å². The molecular formula is C18H22N4O5S. The fourth-order valence-electron chi connectivity index (χ4n) is 3.06. The average molecular weight is 406 g/mol. The Labute approximate surface area is 163 Å². The molecular weight excluding hydrogens is 384 g/mol. The number of likely N-dealkylation sites (tertiary alicyclic amines) is 1. The van der Waals surface area contributed by atoms with Crippen molar-refractivity contribution in [2.75, 3.05) is 26.0 Å². The maximum Gasteiger partial charge on any atom is 0.254 e. The van der Waals surface area contributed by atoms with Gasteiger partial charge in [0.1, 0.15) is 11.8 Å². The summed E-state index contributed by atoms with van der Waals surface area (Å²) in [5, 5.41) is 6.39. The summed E-state index contributed by atoms with van der Waals surface area (Å²) >= 11 is 0. The molecule has 10 heteroatoms. The van der Waals surface area contributed by atoms with Crippen molar-refractivity contribution >= 4 is 27.7 Å². The molecule has 2 heterocycles. The molecule has 0 aliphatic carbocycles. The molecule has 1 aliphatic rings. The predicted octanol–water partition coefficient (Wildman–Crippen LogP) is 1.48. The van der Waals surface area contributed by atoms with Gasteiger partial charge in [0.05, 0.1) is 4.90 Å². The second-order valence-corrected chi connectivity index (χ2v) is 8.93. The summed E-state index contributed by atoms with van der Waals surface area (Å²) in [5.41, 5.74) is 0.328. The summed E-state index contributed by atoms with van der Waals surface area (Å²) in [6.45, 7) is 2.17. The quantitative estimate of drug-likeness (QED) is 0.805. The van der Waals surface area contributed by atoms with Crippen LogP contribution in [0.2, 0.25) is 0 Å². The van der Waals surface area contributed by atoms with Crippen LogP contribution < -0.4 is 5.32 Å². The van der Waals surface area contributed by atoms with Crippen LogP contribution in [0.25, 0.3) is 0 Å². The Morgan fingerprint density at radius 3 is 2.50 bits per heavy atom. The van der Waals surface area contributed by atoms with E-state index < -0.39 is 16.1 Å². The third-order valence-electron chi connectivity index (χ3n) is 4.58. The Kier molecular flexibility index (Phi) is 5.52. The molecule has 1 N–H and O–H groups in total. The first-order valence-electron chi connectivity index (χ1n) is 8.78. The predicted molar refractivity (Wildman–Crippen MR) is 101 cm³/mol. The molecule has 1 aromatic heterocycles. The van der Waals surface area contributed by atoms with E-state index in [2.05, 4.69) is 10.5 Å². The molecule has 9 nitrogen and oxygen atoms in total. The number of rotatable bonds is 5. The number of aryl methyl sites for hydroxylation is 1. The molecule has 1 saturated heterocycles. The number of aromatic nitrogens is 1. The Balaban J connectivity index is 1.74. The first-order valence-corrected chi connectivity index (χ1v) is 10.2. The zero-order chi connectivity index (χ0) is 20.5. The highest BCUT2D eigenvalue weighted by atomic mass is 32.2. The molecule has 0 bridgehead atoms. The van der Waals surface area contributed by atoms with Crippen LogP contribution in [0.15, 0.2) is 39.8 Å². The third kappa shape index (κ3) is 3.92. The van der Waals surface area contributed by atoms with Crippen LogP contribution in [-0.2, 0) is 14.8 Å². The molecule has 3 rings (SSSR count). The maximum atomic E-state index is 12.9. The number of hydrogen-bond donors (Lipinski definition) is 1. The molecule has 28 heavy (non-hydrogen) atoms. The van der Waals surface area contributed by atoms with Gasteiger partial charge in [-0.25, -0.2) is 12.7 Å². The molecule has 1 atom stereocenters. The van der Waals surface area contributed by atoms with Crippen molar-refractivity contribution in [1.82, 2.24) is 14.4 Å². The minimum absolute atomic E-state index is 0.103. The Morgan fingerprint density at radius 1 is 1.25 bits per heavy atom. The number of sulfonamides is 1. The second kappa shape index (κ2) is 7.72. The number of carbonyl (C=O) groups excluding carboxylic acids is 2. The van der Waals surface area contributed by atoms with Crippen LogP contribution in [0.1, 0.15) is 29.0 Å². The normalized spacial score (nSPS) is 17.1. The largest absolute Gasteiger partial charge is 0.360 e. The molecule has 1 aliphatic heterocycles. The van der Waals surface area contributed by atoms with E-state index in [-0.39, 0.29) is 16.7 Å². The number of hydrogen-bond acceptors (Lipinski definition) is 6. The highest BCUT2D eigenvalue weighted by Gasteiger charge is 2.35. The van der Waals surface area contributed by atoms with Crippen molar-refractivity contribution < 1.29 is 22.5 Å². The van der Waals surface area contributed by atoms with Crippen LogP contribution in [0.3, 0.4) is 0 Å². The van der Waals surface area contributed by atoms with Crippen LogP contribution >= 0.6 is 0 Å². The summed E-state index contributed by atoms with van der Waals surface area (Å²) in [4.78, 5) is 27.0. The van der Waals surface area contributed by atoms with Gasteiger partial charge in [-0.2, -0.15) is 0 Å². The summed E-state index contributed by atoms with van der Waals surface area (Å²) in [7, 11) is -0.681. The standard InChI is InChI=1S/C18H22N4O5S/c1-12-11-16(20-27-12)19-17(23)15-5-4-10-22(15)18(24)13-6-8-14(9-7-13)28(25,26)21(2)3/h6-9,11,15H,4-5,10H2,1-3H3,(H,19,20,23)/t15-/m0/s1. The lowest BCUT2D eigenvalue weighted by Gasteiger charge is -2.23. The highest BCUT2D eigenvalue weighted by Crippen LogP contribution is 2.23. The third-order valence-corrected chi connectivity index (χ3v) is 6.40. The second-order valence-electron chi connectivity index (χ2n) is 6.78. The molecule has 2 amide bonds. The lowest BCUT2D eigenvalue weighted by Crippen LogP contribution is -2.43. The van der Waals surface area contributed by atoms with Gasteiger partial charge < -0.3 is 14.7 Å². The Morgan fingerprint density at radius 2 is 1.93 bits per heavy atom. The van der Waals surface area contributed by atoms with E-state index in [1.165, 1.54) is 43.3 Å². The number of benzene rings is 1. The van der Waals surface area contributed by atoms with E-state index in [9.17, 15) is 18.0 Å². The van der Waals surface area contributed by atoms with E-state index in [1.54, 1.807) is 13.0 Å². The van der Waals surface area contributed by atoms with E-state index in [4.69, 9.17) is 4.52 Å². The lowest BCUT2D eigenvalue weighted by atomic mass is 10.1. The summed E-state index contributed by atoms with van der Waals surface area (Å²) < 4.78 is 30.3. The van der Waals surface area contributed by atoms with Gasteiger partial charge in [-0.15, -0.1) is 0 Å². The van der Waals surface area contributed by atoms with Crippen LogP contribution in [0.4, 0.5) is 5.82 Å². The SMILES string of the molecule is Cc1cc(NC(=O)[C@@H]2CCCN2C(=O)c2ccc(S(=O)(=O)N(C)C)cc2)no1. The number of anilines is 1. The van der Waals surface area contributed by atoms with Gasteiger partial charge in [0.2, 0.25) is 15.9 Å². The molecule has 0 saturated carbocycles. The van der Waals surface area contributed by atoms with Crippen molar-refractivity contribution in [2.45, 2.75) is 30.7 Å². The van der Waals surface area contributed by atoms with Gasteiger partial charge in [-0.3, -0.25) is 9.59 Å². The molecule has 0 radical (unpaired) electrons. The fraction of sp³-hybridized carbons (Fsp3) is 0.389. The zero-order valence-corrected chi connectivity index (χ0v) is 16.7. The fourth-order valence-corrected chi connectivity index (χ4v) is 3.96. The topological polar surface area (TPSA) is 113 Å². The van der Waals surface area contributed by atoms with Crippen molar-refractivity contribution in [1.29, 1.82) is 0 Å². The van der Waals surface area contributed by atoms with Crippen LogP contribution in [0, 0.1) is 6.92 Å². The zero-order valence-electron chi connectivity index (χ0n) is 15.9. The number of carbonyl (C=O) groups is 2. The minimum atomic E-state index is -3.57. The minimum Gasteiger partial charge on any atom is -0.360 e. The van der Waals surface area contributed by atoms with Gasteiger partial charge in [-0.1, -0.05) is 5.16 Å². The maximum absolute atomic E-state index is 12.9. The lowest BCUT2D eigenvalue weighted by molar-refractivity contribution is -0.119. The van der Waals surface area contributed by atoms with Gasteiger partial charge >= 0.3 is 0 Å². The first-order chi connectivity index (χ1) is 13.2. The molecule has 1 aromatic carbocycles. The van der Waals surface area contributed by atoms with Gasteiger partial charge in [0.25, 0.3) is 5.91 Å². The van der Waals surface area contributed by atoms with Gasteiger partial charge in [0, 0.05) is 32.3 Å².